The molecule has 0 bridgehead atoms. The average Bonchev–Trinajstić information content (AvgIpc) is 2.26. The summed E-state index contributed by atoms with van der Waals surface area (Å²) < 4.78 is 5.47. The average molecular weight is 247 g/mol. The molecule has 0 amide bonds. The predicted molar refractivity (Wildman–Crippen MR) is 76.1 cm³/mol. The standard InChI is InChI=1S/C16H25NO/c1-16(2,3)14-10-11(5-6-15(14)18-4)7-12-8-13(17)9-12/h5-6,10,12-13H,7-9,17H2,1-4H3. The first kappa shape index (κ1) is 13.4. The van der Waals surface area contributed by atoms with Crippen molar-refractivity contribution in [2.45, 2.75) is 51.5 Å². The van der Waals surface area contributed by atoms with Gasteiger partial charge in [-0.15, -0.1) is 0 Å². The summed E-state index contributed by atoms with van der Waals surface area (Å²) in [7, 11) is 1.75. The van der Waals surface area contributed by atoms with Gasteiger partial charge in [-0.1, -0.05) is 32.9 Å². The molecule has 0 spiro atoms. The lowest BCUT2D eigenvalue weighted by Crippen LogP contribution is -2.37. The van der Waals surface area contributed by atoms with Gasteiger partial charge < -0.3 is 10.5 Å². The zero-order valence-electron chi connectivity index (χ0n) is 12.0. The third-order valence-corrected chi connectivity index (χ3v) is 3.87. The van der Waals surface area contributed by atoms with Gasteiger partial charge in [-0.05, 0) is 47.8 Å². The van der Waals surface area contributed by atoms with Gasteiger partial charge in [-0.3, -0.25) is 0 Å². The van der Waals surface area contributed by atoms with E-state index in [1.54, 1.807) is 7.11 Å². The van der Waals surface area contributed by atoms with Crippen molar-refractivity contribution in [2.75, 3.05) is 7.11 Å². The van der Waals surface area contributed by atoms with Crippen molar-refractivity contribution in [1.82, 2.24) is 0 Å². The minimum atomic E-state index is 0.122. The van der Waals surface area contributed by atoms with E-state index < -0.39 is 0 Å². The topological polar surface area (TPSA) is 35.2 Å². The molecule has 1 aromatic carbocycles. The maximum atomic E-state index is 5.85. The van der Waals surface area contributed by atoms with Gasteiger partial charge >= 0.3 is 0 Å². The largest absolute Gasteiger partial charge is 0.496 e. The second-order valence-corrected chi connectivity index (χ2v) is 6.59. The lowest BCUT2D eigenvalue weighted by Gasteiger charge is -2.33. The molecule has 2 nitrogen and oxygen atoms in total. The Morgan fingerprint density at radius 2 is 1.94 bits per heavy atom. The highest BCUT2D eigenvalue weighted by Gasteiger charge is 2.26. The summed E-state index contributed by atoms with van der Waals surface area (Å²) in [6.45, 7) is 6.69. The highest BCUT2D eigenvalue weighted by molar-refractivity contribution is 5.41. The summed E-state index contributed by atoms with van der Waals surface area (Å²) in [4.78, 5) is 0. The molecule has 1 saturated carbocycles. The Morgan fingerprint density at radius 3 is 2.44 bits per heavy atom. The molecular weight excluding hydrogens is 222 g/mol. The maximum Gasteiger partial charge on any atom is 0.122 e. The Kier molecular flexibility index (Phi) is 3.67. The lowest BCUT2D eigenvalue weighted by atomic mass is 9.76. The Hall–Kier alpha value is -1.02. The molecule has 0 radical (unpaired) electrons. The zero-order chi connectivity index (χ0) is 13.3. The fourth-order valence-corrected chi connectivity index (χ4v) is 2.76. The Bertz CT molecular complexity index is 414. The van der Waals surface area contributed by atoms with Crippen LogP contribution in [0, 0.1) is 5.92 Å². The van der Waals surface area contributed by atoms with Crippen LogP contribution in [-0.4, -0.2) is 13.2 Å². The van der Waals surface area contributed by atoms with Gasteiger partial charge in [-0.2, -0.15) is 0 Å². The van der Waals surface area contributed by atoms with Gasteiger partial charge in [0.1, 0.15) is 5.75 Å². The second kappa shape index (κ2) is 4.93. The number of ether oxygens (including phenoxy) is 1. The molecule has 18 heavy (non-hydrogen) atoms. The van der Waals surface area contributed by atoms with E-state index in [1.165, 1.54) is 24.0 Å². The molecule has 1 aromatic rings. The number of hydrogen-bond donors (Lipinski definition) is 1. The number of benzene rings is 1. The predicted octanol–water partition coefficient (Wildman–Crippen LogP) is 3.27. The molecular formula is C16H25NO. The summed E-state index contributed by atoms with van der Waals surface area (Å²) in [5.41, 5.74) is 8.68. The van der Waals surface area contributed by atoms with Crippen LogP contribution < -0.4 is 10.5 Å². The van der Waals surface area contributed by atoms with Crippen LogP contribution in [0.3, 0.4) is 0 Å². The molecule has 1 aliphatic carbocycles. The van der Waals surface area contributed by atoms with Crippen LogP contribution in [0.15, 0.2) is 18.2 Å². The van der Waals surface area contributed by atoms with Crippen molar-refractivity contribution in [1.29, 1.82) is 0 Å². The van der Waals surface area contributed by atoms with Crippen molar-refractivity contribution < 1.29 is 4.74 Å². The highest BCUT2D eigenvalue weighted by Crippen LogP contribution is 2.34. The zero-order valence-corrected chi connectivity index (χ0v) is 12.0. The van der Waals surface area contributed by atoms with Gasteiger partial charge in [0.25, 0.3) is 0 Å². The van der Waals surface area contributed by atoms with E-state index in [2.05, 4.69) is 39.0 Å². The van der Waals surface area contributed by atoms with Crippen LogP contribution in [0.4, 0.5) is 0 Å². The number of rotatable bonds is 3. The summed E-state index contributed by atoms with van der Waals surface area (Å²) in [5, 5.41) is 0. The summed E-state index contributed by atoms with van der Waals surface area (Å²) >= 11 is 0. The molecule has 1 aliphatic rings. The second-order valence-electron chi connectivity index (χ2n) is 6.59. The van der Waals surface area contributed by atoms with Crippen LogP contribution >= 0.6 is 0 Å². The number of hydrogen-bond acceptors (Lipinski definition) is 2. The minimum absolute atomic E-state index is 0.122. The van der Waals surface area contributed by atoms with E-state index in [4.69, 9.17) is 10.5 Å². The Labute approximate surface area is 111 Å². The molecule has 0 heterocycles. The first-order valence-corrected chi connectivity index (χ1v) is 6.83. The fraction of sp³-hybridized carbons (Fsp3) is 0.625. The number of nitrogens with two attached hydrogens (primary N) is 1. The van der Waals surface area contributed by atoms with Crippen LogP contribution in [0.5, 0.6) is 5.75 Å². The lowest BCUT2D eigenvalue weighted by molar-refractivity contribution is 0.264. The van der Waals surface area contributed by atoms with Gasteiger partial charge in [-0.25, -0.2) is 0 Å². The van der Waals surface area contributed by atoms with Gasteiger partial charge in [0, 0.05) is 6.04 Å². The van der Waals surface area contributed by atoms with E-state index in [1.807, 2.05) is 0 Å². The summed E-state index contributed by atoms with van der Waals surface area (Å²) in [6.07, 6.45) is 3.51. The summed E-state index contributed by atoms with van der Waals surface area (Å²) in [6, 6.07) is 7.05. The normalized spacial score (nSPS) is 23.6. The monoisotopic (exact) mass is 247 g/mol. The first-order chi connectivity index (χ1) is 8.40. The maximum absolute atomic E-state index is 5.85. The van der Waals surface area contributed by atoms with E-state index >= 15 is 0 Å². The first-order valence-electron chi connectivity index (χ1n) is 6.83. The molecule has 1 fully saturated rings. The van der Waals surface area contributed by atoms with Crippen molar-refractivity contribution in [3.05, 3.63) is 29.3 Å². The van der Waals surface area contributed by atoms with Crippen molar-refractivity contribution in [3.63, 3.8) is 0 Å². The van der Waals surface area contributed by atoms with E-state index in [0.29, 0.717) is 6.04 Å². The minimum Gasteiger partial charge on any atom is -0.496 e. The third kappa shape index (κ3) is 2.86. The molecule has 0 aliphatic heterocycles. The van der Waals surface area contributed by atoms with Crippen molar-refractivity contribution >= 4 is 0 Å². The fourth-order valence-electron chi connectivity index (χ4n) is 2.76. The molecule has 2 N–H and O–H groups in total. The smallest absolute Gasteiger partial charge is 0.122 e. The van der Waals surface area contributed by atoms with E-state index in [9.17, 15) is 0 Å². The number of methoxy groups -OCH3 is 1. The molecule has 0 aromatic heterocycles. The van der Waals surface area contributed by atoms with Crippen LogP contribution in [0.1, 0.15) is 44.7 Å². The molecule has 2 heteroatoms. The summed E-state index contributed by atoms with van der Waals surface area (Å²) in [5.74, 6) is 1.78. The SMILES string of the molecule is COc1ccc(CC2CC(N)C2)cc1C(C)(C)C. The van der Waals surface area contributed by atoms with Gasteiger partial charge in [0.2, 0.25) is 0 Å². The van der Waals surface area contributed by atoms with Crippen molar-refractivity contribution in [2.24, 2.45) is 11.7 Å². The highest BCUT2D eigenvalue weighted by atomic mass is 16.5. The van der Waals surface area contributed by atoms with Crippen LogP contribution in [0.2, 0.25) is 0 Å². The van der Waals surface area contributed by atoms with E-state index in [-0.39, 0.29) is 5.41 Å². The van der Waals surface area contributed by atoms with Gasteiger partial charge in [0.15, 0.2) is 0 Å². The van der Waals surface area contributed by atoms with Crippen LogP contribution in [0.25, 0.3) is 0 Å². The van der Waals surface area contributed by atoms with Crippen LogP contribution in [-0.2, 0) is 11.8 Å². The van der Waals surface area contributed by atoms with E-state index in [0.717, 1.165) is 18.1 Å². The quantitative estimate of drug-likeness (QED) is 0.889. The Balaban J connectivity index is 2.17. The van der Waals surface area contributed by atoms with Crippen molar-refractivity contribution in [3.8, 4) is 5.75 Å². The molecule has 0 unspecified atom stereocenters. The molecule has 2 rings (SSSR count). The van der Waals surface area contributed by atoms with Gasteiger partial charge in [0.05, 0.1) is 7.11 Å². The molecule has 0 atom stereocenters. The molecule has 0 saturated heterocycles. The molecule has 100 valence electrons. The Morgan fingerprint density at radius 1 is 1.28 bits per heavy atom. The third-order valence-electron chi connectivity index (χ3n) is 3.87.